The number of hydrogen-bond acceptors (Lipinski definition) is 5. The van der Waals surface area contributed by atoms with Gasteiger partial charge in [0.25, 0.3) is 0 Å². The number of nitrogens with zero attached hydrogens (tertiary/aromatic N) is 3. The molecule has 7 nitrogen and oxygen atoms in total. The average Bonchev–Trinajstić information content (AvgIpc) is 2.81. The molecule has 0 saturated carbocycles. The smallest absolute Gasteiger partial charge is 0.242 e. The minimum Gasteiger partial charge on any atom is -0.348 e. The van der Waals surface area contributed by atoms with Gasteiger partial charge in [0.05, 0.1) is 12.4 Å². The summed E-state index contributed by atoms with van der Waals surface area (Å²) in [7, 11) is 0. The van der Waals surface area contributed by atoms with Crippen LogP contribution in [0, 0.1) is 6.92 Å². The Labute approximate surface area is 104 Å². The second kappa shape index (κ2) is 5.37. The van der Waals surface area contributed by atoms with Crippen molar-refractivity contribution < 1.29 is 4.79 Å². The number of aryl methyl sites for hydroxylation is 1. The predicted molar refractivity (Wildman–Crippen MR) is 65.7 cm³/mol. The Balaban J connectivity index is 1.95. The lowest BCUT2D eigenvalue weighted by molar-refractivity contribution is -0.117. The molecule has 0 radical (unpaired) electrons. The Hall–Kier alpha value is -2.28. The number of carbonyl (C=O) groups excluding carboxylic acids is 1. The topological polar surface area (TPSA) is 110 Å². The predicted octanol–water partition coefficient (Wildman–Crippen LogP) is 0.0166. The zero-order valence-corrected chi connectivity index (χ0v) is 9.92. The summed E-state index contributed by atoms with van der Waals surface area (Å²) in [6.07, 6.45) is 4.98. The number of anilines is 1. The second-order valence-corrected chi connectivity index (χ2v) is 3.92. The van der Waals surface area contributed by atoms with Gasteiger partial charge in [-0.3, -0.25) is 4.79 Å². The summed E-state index contributed by atoms with van der Waals surface area (Å²) >= 11 is 0. The third kappa shape index (κ3) is 3.11. The Morgan fingerprint density at radius 3 is 3.06 bits per heavy atom. The first-order valence-corrected chi connectivity index (χ1v) is 5.47. The fourth-order valence-electron chi connectivity index (χ4n) is 1.47. The molecular weight excluding hydrogens is 232 g/mol. The highest BCUT2D eigenvalue weighted by atomic mass is 16.2. The first-order valence-electron chi connectivity index (χ1n) is 5.47. The largest absolute Gasteiger partial charge is 0.348 e. The maximum absolute atomic E-state index is 11.8. The maximum atomic E-state index is 11.8. The van der Waals surface area contributed by atoms with Crippen LogP contribution in [0.3, 0.4) is 0 Å². The highest BCUT2D eigenvalue weighted by molar-refractivity contribution is 5.94. The molecule has 0 aliphatic rings. The minimum absolute atomic E-state index is 0.289. The lowest BCUT2D eigenvalue weighted by Gasteiger charge is -2.10. The lowest BCUT2D eigenvalue weighted by atomic mass is 10.1. The van der Waals surface area contributed by atoms with Crippen molar-refractivity contribution in [1.29, 1.82) is 0 Å². The van der Waals surface area contributed by atoms with E-state index in [-0.39, 0.29) is 5.91 Å². The van der Waals surface area contributed by atoms with Crippen LogP contribution in [0.5, 0.6) is 0 Å². The molecule has 2 aromatic rings. The molecule has 2 rings (SSSR count). The summed E-state index contributed by atoms with van der Waals surface area (Å²) in [5.41, 5.74) is 7.39. The summed E-state index contributed by atoms with van der Waals surface area (Å²) in [5.74, 6) is 0.162. The van der Waals surface area contributed by atoms with E-state index >= 15 is 0 Å². The van der Waals surface area contributed by atoms with Gasteiger partial charge in [-0.15, -0.1) is 0 Å². The van der Waals surface area contributed by atoms with Crippen LogP contribution in [-0.4, -0.2) is 31.9 Å². The van der Waals surface area contributed by atoms with Crippen molar-refractivity contribution in [3.63, 3.8) is 0 Å². The summed E-state index contributed by atoms with van der Waals surface area (Å²) < 4.78 is 0. The third-order valence-electron chi connectivity index (χ3n) is 2.39. The molecule has 4 N–H and O–H groups in total. The number of carbonyl (C=O) groups is 1. The van der Waals surface area contributed by atoms with E-state index < -0.39 is 6.04 Å². The molecule has 2 aromatic heterocycles. The Morgan fingerprint density at radius 1 is 1.56 bits per heavy atom. The second-order valence-electron chi connectivity index (χ2n) is 3.92. The molecule has 0 aliphatic heterocycles. The van der Waals surface area contributed by atoms with E-state index in [9.17, 15) is 4.79 Å². The summed E-state index contributed by atoms with van der Waals surface area (Å²) in [4.78, 5) is 26.5. The molecule has 7 heteroatoms. The van der Waals surface area contributed by atoms with Crippen molar-refractivity contribution in [2.75, 3.05) is 5.32 Å². The van der Waals surface area contributed by atoms with Gasteiger partial charge < -0.3 is 16.0 Å². The summed E-state index contributed by atoms with van der Waals surface area (Å²) in [6.45, 7) is 1.82. The van der Waals surface area contributed by atoms with Crippen LogP contribution in [-0.2, 0) is 11.2 Å². The molecule has 0 fully saturated rings. The number of rotatable bonds is 4. The van der Waals surface area contributed by atoms with Crippen LogP contribution in [0.2, 0.25) is 0 Å². The van der Waals surface area contributed by atoms with E-state index in [4.69, 9.17) is 5.73 Å². The number of H-pyrrole nitrogens is 1. The van der Waals surface area contributed by atoms with Gasteiger partial charge in [-0.1, -0.05) is 0 Å². The number of imidazole rings is 1. The van der Waals surface area contributed by atoms with Crippen LogP contribution in [0.1, 0.15) is 11.4 Å². The molecule has 0 aromatic carbocycles. The monoisotopic (exact) mass is 246 g/mol. The van der Waals surface area contributed by atoms with Gasteiger partial charge in [0, 0.05) is 30.1 Å². The van der Waals surface area contributed by atoms with Gasteiger partial charge in [-0.05, 0) is 6.92 Å². The van der Waals surface area contributed by atoms with Gasteiger partial charge in [0.2, 0.25) is 5.91 Å². The minimum atomic E-state index is -0.652. The molecule has 18 heavy (non-hydrogen) atoms. The Morgan fingerprint density at radius 2 is 2.39 bits per heavy atom. The van der Waals surface area contributed by atoms with E-state index in [1.54, 1.807) is 18.6 Å². The molecule has 0 saturated heterocycles. The van der Waals surface area contributed by atoms with Crippen molar-refractivity contribution in [2.45, 2.75) is 19.4 Å². The quantitative estimate of drug-likeness (QED) is 0.704. The van der Waals surface area contributed by atoms with Gasteiger partial charge in [-0.25, -0.2) is 15.0 Å². The van der Waals surface area contributed by atoms with Crippen molar-refractivity contribution >= 4 is 11.7 Å². The van der Waals surface area contributed by atoms with Crippen molar-refractivity contribution in [3.05, 3.63) is 36.3 Å². The molecule has 2 heterocycles. The van der Waals surface area contributed by atoms with Crippen molar-refractivity contribution in [1.82, 2.24) is 19.9 Å². The fraction of sp³-hybridized carbons (Fsp3) is 0.273. The van der Waals surface area contributed by atoms with Gasteiger partial charge >= 0.3 is 0 Å². The van der Waals surface area contributed by atoms with E-state index in [0.29, 0.717) is 12.2 Å². The molecule has 1 amide bonds. The molecule has 0 aliphatic carbocycles. The normalized spacial score (nSPS) is 12.1. The highest BCUT2D eigenvalue weighted by Gasteiger charge is 2.15. The molecule has 0 unspecified atom stereocenters. The highest BCUT2D eigenvalue weighted by Crippen LogP contribution is 2.04. The number of nitrogens with one attached hydrogen (secondary N) is 2. The average molecular weight is 246 g/mol. The van der Waals surface area contributed by atoms with Crippen LogP contribution >= 0.6 is 0 Å². The first kappa shape index (κ1) is 12.2. The Kier molecular flexibility index (Phi) is 3.63. The van der Waals surface area contributed by atoms with Gasteiger partial charge in [0.1, 0.15) is 12.1 Å². The van der Waals surface area contributed by atoms with E-state index in [0.717, 1.165) is 11.4 Å². The van der Waals surface area contributed by atoms with Gasteiger partial charge in [0.15, 0.2) is 0 Å². The molecule has 0 spiro atoms. The van der Waals surface area contributed by atoms with Crippen LogP contribution in [0.15, 0.2) is 24.9 Å². The van der Waals surface area contributed by atoms with Crippen LogP contribution < -0.4 is 11.1 Å². The molecule has 94 valence electrons. The zero-order valence-electron chi connectivity index (χ0n) is 9.92. The maximum Gasteiger partial charge on any atom is 0.242 e. The first-order chi connectivity index (χ1) is 8.65. The van der Waals surface area contributed by atoms with Crippen molar-refractivity contribution in [3.8, 4) is 0 Å². The van der Waals surface area contributed by atoms with E-state index in [2.05, 4.69) is 25.3 Å². The summed E-state index contributed by atoms with van der Waals surface area (Å²) in [6, 6.07) is 1.03. The van der Waals surface area contributed by atoms with Crippen molar-refractivity contribution in [2.24, 2.45) is 5.73 Å². The Bertz CT molecular complexity index is 524. The number of aromatic nitrogens is 4. The van der Waals surface area contributed by atoms with Crippen LogP contribution in [0.4, 0.5) is 5.82 Å². The van der Waals surface area contributed by atoms with Crippen LogP contribution in [0.25, 0.3) is 0 Å². The zero-order chi connectivity index (χ0) is 13.0. The van der Waals surface area contributed by atoms with E-state index in [1.165, 1.54) is 6.33 Å². The standard InChI is InChI=1S/C11H14N6O/c1-7-2-10(16-6-14-7)17-11(18)9(12)3-8-4-13-5-15-8/h2,4-6,9H,3,12H2,1H3,(H,13,15)(H,14,16,17,18)/t9-/m0/s1. The third-order valence-corrected chi connectivity index (χ3v) is 2.39. The van der Waals surface area contributed by atoms with E-state index in [1.807, 2.05) is 6.92 Å². The fourth-order valence-corrected chi connectivity index (χ4v) is 1.47. The molecular formula is C11H14N6O. The SMILES string of the molecule is Cc1cc(NC(=O)[C@@H](N)Cc2cnc[nH]2)ncn1. The summed E-state index contributed by atoms with van der Waals surface area (Å²) in [5, 5.41) is 2.65. The number of hydrogen-bond donors (Lipinski definition) is 3. The number of aromatic amines is 1. The molecule has 1 atom stereocenters. The number of amides is 1. The molecule has 0 bridgehead atoms. The lowest BCUT2D eigenvalue weighted by Crippen LogP contribution is -2.37. The number of nitrogens with two attached hydrogens (primary N) is 1. The van der Waals surface area contributed by atoms with Gasteiger partial charge in [-0.2, -0.15) is 0 Å².